The lowest BCUT2D eigenvalue weighted by molar-refractivity contribution is -0.384. The highest BCUT2D eigenvalue weighted by atomic mass is 16.7. The molecule has 7 heteroatoms. The third-order valence-electron chi connectivity index (χ3n) is 3.58. The minimum absolute atomic E-state index is 0.0506. The van der Waals surface area contributed by atoms with Gasteiger partial charge in [-0.15, -0.1) is 0 Å². The number of benzene rings is 2. The summed E-state index contributed by atoms with van der Waals surface area (Å²) in [4.78, 5) is 22.3. The molecule has 2 aromatic rings. The number of fused-ring (bicyclic) bond motifs is 1. The number of nitrogens with one attached hydrogen (secondary N) is 1. The van der Waals surface area contributed by atoms with E-state index in [9.17, 15) is 14.9 Å². The predicted octanol–water partition coefficient (Wildman–Crippen LogP) is 2.81. The monoisotopic (exact) mass is 314 g/mol. The molecule has 7 nitrogen and oxygen atoms in total. The van der Waals surface area contributed by atoms with Gasteiger partial charge in [-0.3, -0.25) is 14.9 Å². The number of non-ortho nitro benzene ring substituents is 1. The number of nitro benzene ring substituents is 1. The predicted molar refractivity (Wildman–Crippen MR) is 81.5 cm³/mol. The summed E-state index contributed by atoms with van der Waals surface area (Å²) < 4.78 is 10.6. The van der Waals surface area contributed by atoms with Gasteiger partial charge in [0.25, 0.3) is 11.6 Å². The Labute approximate surface area is 132 Å². The van der Waals surface area contributed by atoms with Crippen molar-refractivity contribution < 1.29 is 19.2 Å². The summed E-state index contributed by atoms with van der Waals surface area (Å²) in [5.74, 6) is 1.03. The second-order valence-corrected chi connectivity index (χ2v) is 5.11. The van der Waals surface area contributed by atoms with Crippen LogP contribution in [0, 0.1) is 10.1 Å². The normalized spacial score (nSPS) is 13.4. The van der Waals surface area contributed by atoms with Crippen molar-refractivity contribution in [2.75, 3.05) is 6.79 Å². The fraction of sp³-hybridized carbons (Fsp3) is 0.188. The lowest BCUT2D eigenvalue weighted by Crippen LogP contribution is -2.26. The van der Waals surface area contributed by atoms with Crippen LogP contribution in [0.5, 0.6) is 11.5 Å². The molecule has 1 atom stereocenters. The molecule has 0 radical (unpaired) electrons. The van der Waals surface area contributed by atoms with Crippen LogP contribution in [0.3, 0.4) is 0 Å². The standard InChI is InChI=1S/C16H14N2O5/c1-10(12-4-7-14-15(8-12)23-9-22-14)17-16(19)11-2-5-13(6-3-11)18(20)21/h2-8,10H,9H2,1H3,(H,17,19). The molecule has 1 heterocycles. The molecule has 1 unspecified atom stereocenters. The molecular weight excluding hydrogens is 300 g/mol. The van der Waals surface area contributed by atoms with Gasteiger partial charge in [0.2, 0.25) is 6.79 Å². The van der Waals surface area contributed by atoms with Crippen LogP contribution in [-0.4, -0.2) is 17.6 Å². The Balaban J connectivity index is 1.70. The third kappa shape index (κ3) is 3.08. The largest absolute Gasteiger partial charge is 0.454 e. The first-order chi connectivity index (χ1) is 11.0. The highest BCUT2D eigenvalue weighted by molar-refractivity contribution is 5.94. The van der Waals surface area contributed by atoms with Crippen LogP contribution in [0.1, 0.15) is 28.9 Å². The van der Waals surface area contributed by atoms with Gasteiger partial charge in [-0.2, -0.15) is 0 Å². The summed E-state index contributed by atoms with van der Waals surface area (Å²) >= 11 is 0. The number of ether oxygens (including phenoxy) is 2. The first-order valence-electron chi connectivity index (χ1n) is 6.99. The molecule has 0 aromatic heterocycles. The van der Waals surface area contributed by atoms with E-state index in [1.54, 1.807) is 6.07 Å². The van der Waals surface area contributed by atoms with Crippen LogP contribution in [0.25, 0.3) is 0 Å². The van der Waals surface area contributed by atoms with E-state index in [0.717, 1.165) is 5.56 Å². The van der Waals surface area contributed by atoms with Crippen molar-refractivity contribution >= 4 is 11.6 Å². The van der Waals surface area contributed by atoms with E-state index >= 15 is 0 Å². The highest BCUT2D eigenvalue weighted by Gasteiger charge is 2.17. The van der Waals surface area contributed by atoms with Crippen LogP contribution in [0.15, 0.2) is 42.5 Å². The Morgan fingerprint density at radius 2 is 1.87 bits per heavy atom. The maximum atomic E-state index is 12.2. The maximum absolute atomic E-state index is 12.2. The summed E-state index contributed by atoms with van der Waals surface area (Å²) in [7, 11) is 0. The molecule has 0 saturated heterocycles. The van der Waals surface area contributed by atoms with Crippen molar-refractivity contribution in [3.63, 3.8) is 0 Å². The van der Waals surface area contributed by atoms with Gasteiger partial charge >= 0.3 is 0 Å². The van der Waals surface area contributed by atoms with E-state index < -0.39 is 4.92 Å². The average molecular weight is 314 g/mol. The Morgan fingerprint density at radius 1 is 1.17 bits per heavy atom. The zero-order valence-electron chi connectivity index (χ0n) is 12.3. The number of hydrogen-bond donors (Lipinski definition) is 1. The molecule has 23 heavy (non-hydrogen) atoms. The van der Waals surface area contributed by atoms with Gasteiger partial charge < -0.3 is 14.8 Å². The number of nitro groups is 1. The Bertz CT molecular complexity index is 758. The zero-order chi connectivity index (χ0) is 16.4. The van der Waals surface area contributed by atoms with Crippen LogP contribution in [-0.2, 0) is 0 Å². The fourth-order valence-electron chi connectivity index (χ4n) is 2.28. The molecule has 0 bridgehead atoms. The lowest BCUT2D eigenvalue weighted by Gasteiger charge is -2.15. The zero-order valence-corrected chi connectivity index (χ0v) is 12.3. The summed E-state index contributed by atoms with van der Waals surface area (Å²) in [6.45, 7) is 2.04. The quantitative estimate of drug-likeness (QED) is 0.692. The Kier molecular flexibility index (Phi) is 3.84. The van der Waals surface area contributed by atoms with Gasteiger partial charge in [-0.1, -0.05) is 6.07 Å². The number of rotatable bonds is 4. The van der Waals surface area contributed by atoms with Gasteiger partial charge in [0.15, 0.2) is 11.5 Å². The second-order valence-electron chi connectivity index (χ2n) is 5.11. The van der Waals surface area contributed by atoms with E-state index in [1.165, 1.54) is 24.3 Å². The number of nitrogens with zero attached hydrogens (tertiary/aromatic N) is 1. The molecule has 0 aliphatic carbocycles. The summed E-state index contributed by atoms with van der Waals surface area (Å²) in [6, 6.07) is 10.7. The Morgan fingerprint density at radius 3 is 2.57 bits per heavy atom. The van der Waals surface area contributed by atoms with Crippen LogP contribution >= 0.6 is 0 Å². The van der Waals surface area contributed by atoms with Crippen LogP contribution in [0.2, 0.25) is 0 Å². The number of carbonyl (C=O) groups excluding carboxylic acids is 1. The number of amides is 1. The van der Waals surface area contributed by atoms with E-state index in [2.05, 4.69) is 5.32 Å². The van der Waals surface area contributed by atoms with E-state index in [0.29, 0.717) is 17.1 Å². The minimum atomic E-state index is -0.503. The first kappa shape index (κ1) is 14.8. The molecule has 118 valence electrons. The van der Waals surface area contributed by atoms with Crippen LogP contribution in [0.4, 0.5) is 5.69 Å². The number of carbonyl (C=O) groups is 1. The van der Waals surface area contributed by atoms with Crippen molar-refractivity contribution in [3.05, 3.63) is 63.7 Å². The van der Waals surface area contributed by atoms with Gasteiger partial charge in [-0.25, -0.2) is 0 Å². The molecular formula is C16H14N2O5. The summed E-state index contributed by atoms with van der Waals surface area (Å²) in [6.07, 6.45) is 0. The number of hydrogen-bond acceptors (Lipinski definition) is 5. The van der Waals surface area contributed by atoms with Crippen molar-refractivity contribution in [3.8, 4) is 11.5 Å². The van der Waals surface area contributed by atoms with Crippen molar-refractivity contribution in [1.82, 2.24) is 5.32 Å². The van der Waals surface area contributed by atoms with Crippen molar-refractivity contribution in [2.45, 2.75) is 13.0 Å². The van der Waals surface area contributed by atoms with Crippen molar-refractivity contribution in [2.24, 2.45) is 0 Å². The molecule has 1 aliphatic rings. The summed E-state index contributed by atoms with van der Waals surface area (Å²) in [5, 5.41) is 13.5. The molecule has 1 N–H and O–H groups in total. The SMILES string of the molecule is CC(NC(=O)c1ccc([N+](=O)[O-])cc1)c1ccc2c(c1)OCO2. The van der Waals surface area contributed by atoms with Gasteiger partial charge in [0, 0.05) is 17.7 Å². The molecule has 1 amide bonds. The van der Waals surface area contributed by atoms with E-state index in [-0.39, 0.29) is 24.4 Å². The topological polar surface area (TPSA) is 90.7 Å². The molecule has 0 fully saturated rings. The Hall–Kier alpha value is -3.09. The third-order valence-corrected chi connectivity index (χ3v) is 3.58. The average Bonchev–Trinajstić information content (AvgIpc) is 3.02. The minimum Gasteiger partial charge on any atom is -0.454 e. The molecule has 3 rings (SSSR count). The second kappa shape index (κ2) is 5.96. The van der Waals surface area contributed by atoms with E-state index in [4.69, 9.17) is 9.47 Å². The molecule has 1 aliphatic heterocycles. The summed E-state index contributed by atoms with van der Waals surface area (Å²) in [5.41, 5.74) is 1.19. The smallest absolute Gasteiger partial charge is 0.269 e. The van der Waals surface area contributed by atoms with E-state index in [1.807, 2.05) is 19.1 Å². The first-order valence-corrected chi connectivity index (χ1v) is 6.99. The maximum Gasteiger partial charge on any atom is 0.269 e. The van der Waals surface area contributed by atoms with Gasteiger partial charge in [0.05, 0.1) is 11.0 Å². The fourth-order valence-corrected chi connectivity index (χ4v) is 2.28. The molecule has 0 spiro atoms. The molecule has 2 aromatic carbocycles. The van der Waals surface area contributed by atoms with Crippen molar-refractivity contribution in [1.29, 1.82) is 0 Å². The van der Waals surface area contributed by atoms with Gasteiger partial charge in [0.1, 0.15) is 0 Å². The lowest BCUT2D eigenvalue weighted by atomic mass is 10.1. The van der Waals surface area contributed by atoms with Gasteiger partial charge in [-0.05, 0) is 36.8 Å². The van der Waals surface area contributed by atoms with Crippen LogP contribution < -0.4 is 14.8 Å². The molecule has 0 saturated carbocycles. The highest BCUT2D eigenvalue weighted by Crippen LogP contribution is 2.34.